The van der Waals surface area contributed by atoms with E-state index in [4.69, 9.17) is 15.0 Å². The molecule has 0 spiro atoms. The van der Waals surface area contributed by atoms with Crippen LogP contribution in [0.15, 0.2) is 132 Å². The summed E-state index contributed by atoms with van der Waals surface area (Å²) in [6, 6.07) is 44.4. The summed E-state index contributed by atoms with van der Waals surface area (Å²) in [6.45, 7) is 0. The monoisotopic (exact) mass is 600 g/mol. The Bertz CT molecular complexity index is 2410. The van der Waals surface area contributed by atoms with E-state index in [2.05, 4.69) is 87.1 Å². The number of hydrogen-bond acceptors (Lipinski definition) is 3. The van der Waals surface area contributed by atoms with Crippen molar-refractivity contribution in [1.29, 1.82) is 0 Å². The highest BCUT2D eigenvalue weighted by molar-refractivity contribution is 9.10. The van der Waals surface area contributed by atoms with Crippen LogP contribution in [0.1, 0.15) is 0 Å². The van der Waals surface area contributed by atoms with Crippen molar-refractivity contribution in [2.75, 3.05) is 0 Å². The maximum absolute atomic E-state index is 5.05. The molecule has 0 N–H and O–H groups in total. The summed E-state index contributed by atoms with van der Waals surface area (Å²) >= 11 is 3.81. The minimum Gasteiger partial charge on any atom is -0.308 e. The molecule has 9 aromatic rings. The summed E-state index contributed by atoms with van der Waals surface area (Å²) in [5, 5.41) is 7.25. The van der Waals surface area contributed by atoms with Gasteiger partial charge in [0, 0.05) is 42.7 Å². The molecule has 0 aliphatic carbocycles. The Hall–Kier alpha value is -5.13. The first-order valence-electron chi connectivity index (χ1n) is 13.9. The third-order valence-electron chi connectivity index (χ3n) is 8.22. The lowest BCUT2D eigenvalue weighted by Gasteiger charge is -2.16. The topological polar surface area (TPSA) is 43.1 Å². The molecule has 0 amide bonds. The van der Waals surface area contributed by atoms with Crippen molar-refractivity contribution < 1.29 is 0 Å². The molecule has 0 aliphatic rings. The molecule has 9 rings (SSSR count). The van der Waals surface area contributed by atoms with E-state index in [1.165, 1.54) is 43.5 Å². The van der Waals surface area contributed by atoms with Crippen LogP contribution in [-0.2, 0) is 0 Å². The average molecular weight is 602 g/mol. The lowest BCUT2D eigenvalue weighted by molar-refractivity contribution is 1.08. The standard InChI is InChI=1S/C37H21BrN4/c38-24-20-29-25-14-7-8-17-31(25)42-32-19-18-28(26-15-9-16-27(33(26)32)30(21-24)34(29)42)37-40-35(22-10-3-1-4-11-22)39-36(41-37)23-12-5-2-6-13-23/h1-21H. The normalized spacial score (nSPS) is 11.9. The summed E-state index contributed by atoms with van der Waals surface area (Å²) in [4.78, 5) is 15.0. The largest absolute Gasteiger partial charge is 0.308 e. The molecular formula is C37H21BrN4. The fourth-order valence-corrected chi connectivity index (χ4v) is 6.90. The van der Waals surface area contributed by atoms with Crippen LogP contribution in [0, 0.1) is 0 Å². The van der Waals surface area contributed by atoms with E-state index >= 15 is 0 Å². The van der Waals surface area contributed by atoms with Gasteiger partial charge in [-0.05, 0) is 41.1 Å². The van der Waals surface area contributed by atoms with Crippen LogP contribution in [0.5, 0.6) is 0 Å². The fourth-order valence-electron chi connectivity index (χ4n) is 6.44. The van der Waals surface area contributed by atoms with E-state index in [1.54, 1.807) is 0 Å². The van der Waals surface area contributed by atoms with Gasteiger partial charge < -0.3 is 4.40 Å². The van der Waals surface area contributed by atoms with Gasteiger partial charge in [0.25, 0.3) is 0 Å². The Balaban J connectivity index is 1.41. The van der Waals surface area contributed by atoms with Gasteiger partial charge in [-0.25, -0.2) is 15.0 Å². The molecule has 0 saturated carbocycles. The highest BCUT2D eigenvalue weighted by atomic mass is 79.9. The maximum atomic E-state index is 5.05. The molecular weight excluding hydrogens is 580 g/mol. The number of aromatic nitrogens is 4. The van der Waals surface area contributed by atoms with Gasteiger partial charge >= 0.3 is 0 Å². The van der Waals surface area contributed by atoms with Crippen LogP contribution in [0.4, 0.5) is 0 Å². The van der Waals surface area contributed by atoms with Crippen LogP contribution in [0.25, 0.3) is 83.0 Å². The lowest BCUT2D eigenvalue weighted by Crippen LogP contribution is -2.01. The van der Waals surface area contributed by atoms with E-state index in [9.17, 15) is 0 Å². The first kappa shape index (κ1) is 23.6. The molecule has 0 aliphatic heterocycles. The smallest absolute Gasteiger partial charge is 0.164 e. The van der Waals surface area contributed by atoms with Crippen molar-refractivity contribution in [3.8, 4) is 34.2 Å². The van der Waals surface area contributed by atoms with Gasteiger partial charge in [0.2, 0.25) is 0 Å². The summed E-state index contributed by atoms with van der Waals surface area (Å²) in [6.07, 6.45) is 0. The van der Waals surface area contributed by atoms with Crippen LogP contribution in [0.3, 0.4) is 0 Å². The van der Waals surface area contributed by atoms with Gasteiger partial charge in [0.05, 0.1) is 16.6 Å². The first-order chi connectivity index (χ1) is 20.7. The number of halogens is 1. The van der Waals surface area contributed by atoms with Crippen LogP contribution in [0.2, 0.25) is 0 Å². The zero-order valence-electron chi connectivity index (χ0n) is 22.3. The third-order valence-corrected chi connectivity index (χ3v) is 8.68. The number of benzene rings is 6. The molecule has 5 heteroatoms. The highest BCUT2D eigenvalue weighted by Gasteiger charge is 2.21. The molecule has 4 nitrogen and oxygen atoms in total. The predicted molar refractivity (Wildman–Crippen MR) is 176 cm³/mol. The molecule has 0 saturated heterocycles. The number of para-hydroxylation sites is 1. The third kappa shape index (κ3) is 3.37. The van der Waals surface area contributed by atoms with Gasteiger partial charge in [-0.3, -0.25) is 0 Å². The first-order valence-corrected chi connectivity index (χ1v) is 14.7. The van der Waals surface area contributed by atoms with Gasteiger partial charge in [0.1, 0.15) is 0 Å². The Kier molecular flexibility index (Phi) is 5.01. The molecule has 0 fully saturated rings. The number of hydrogen-bond donors (Lipinski definition) is 0. The molecule has 42 heavy (non-hydrogen) atoms. The fraction of sp³-hybridized carbons (Fsp3) is 0. The van der Waals surface area contributed by atoms with Crippen molar-refractivity contribution in [3.05, 3.63) is 132 Å². The average Bonchev–Trinajstić information content (AvgIpc) is 3.38. The lowest BCUT2D eigenvalue weighted by atomic mass is 9.96. The van der Waals surface area contributed by atoms with Crippen molar-refractivity contribution in [2.45, 2.75) is 0 Å². The molecule has 3 heterocycles. The Morgan fingerprint density at radius 3 is 1.74 bits per heavy atom. The second-order valence-corrected chi connectivity index (χ2v) is 11.5. The van der Waals surface area contributed by atoms with Gasteiger partial charge in [-0.2, -0.15) is 0 Å². The zero-order chi connectivity index (χ0) is 27.8. The van der Waals surface area contributed by atoms with Crippen LogP contribution >= 0.6 is 15.9 Å². The molecule has 0 bridgehead atoms. The van der Waals surface area contributed by atoms with Crippen LogP contribution < -0.4 is 0 Å². The second kappa shape index (κ2) is 8.93. The molecule has 6 aromatic carbocycles. The van der Waals surface area contributed by atoms with E-state index < -0.39 is 0 Å². The molecule has 196 valence electrons. The van der Waals surface area contributed by atoms with Crippen molar-refractivity contribution in [2.24, 2.45) is 0 Å². The van der Waals surface area contributed by atoms with E-state index in [1.807, 2.05) is 60.7 Å². The SMILES string of the molecule is Brc1cc2c3cccc4c(-c5nc(-c6ccccc6)nc(-c6ccccc6)n5)ccc(c43)n3c4ccccc4c(c1)c23. The number of rotatable bonds is 3. The summed E-state index contributed by atoms with van der Waals surface area (Å²) < 4.78 is 3.49. The van der Waals surface area contributed by atoms with Crippen molar-refractivity contribution in [3.63, 3.8) is 0 Å². The molecule has 3 aromatic heterocycles. The molecule has 0 atom stereocenters. The minimum atomic E-state index is 0.660. The zero-order valence-corrected chi connectivity index (χ0v) is 23.9. The Morgan fingerprint density at radius 1 is 0.452 bits per heavy atom. The number of nitrogens with zero attached hydrogens (tertiary/aromatic N) is 4. The summed E-state index contributed by atoms with van der Waals surface area (Å²) in [5.41, 5.74) is 6.52. The predicted octanol–water partition coefficient (Wildman–Crippen LogP) is 9.94. The Morgan fingerprint density at radius 2 is 1.02 bits per heavy atom. The molecule has 0 radical (unpaired) electrons. The van der Waals surface area contributed by atoms with Gasteiger partial charge in [-0.1, -0.05) is 113 Å². The van der Waals surface area contributed by atoms with Gasteiger partial charge in [0.15, 0.2) is 17.5 Å². The van der Waals surface area contributed by atoms with E-state index in [0.29, 0.717) is 17.5 Å². The van der Waals surface area contributed by atoms with E-state index in [-0.39, 0.29) is 0 Å². The summed E-state index contributed by atoms with van der Waals surface area (Å²) in [7, 11) is 0. The van der Waals surface area contributed by atoms with Crippen LogP contribution in [-0.4, -0.2) is 19.4 Å². The minimum absolute atomic E-state index is 0.660. The number of pyridine rings is 1. The van der Waals surface area contributed by atoms with Crippen molar-refractivity contribution >= 4 is 64.8 Å². The summed E-state index contributed by atoms with van der Waals surface area (Å²) in [5.74, 6) is 1.98. The number of fused-ring (bicyclic) bond motifs is 5. The van der Waals surface area contributed by atoms with Gasteiger partial charge in [-0.15, -0.1) is 0 Å². The quantitative estimate of drug-likeness (QED) is 0.150. The maximum Gasteiger partial charge on any atom is 0.164 e. The second-order valence-electron chi connectivity index (χ2n) is 10.6. The molecule has 0 unspecified atom stereocenters. The van der Waals surface area contributed by atoms with E-state index in [0.717, 1.165) is 26.5 Å². The highest BCUT2D eigenvalue weighted by Crippen LogP contribution is 2.43. The Labute approximate surface area is 249 Å². The van der Waals surface area contributed by atoms with Crippen molar-refractivity contribution in [1.82, 2.24) is 19.4 Å².